The van der Waals surface area contributed by atoms with E-state index in [4.69, 9.17) is 9.47 Å². The number of rotatable bonds is 8. The molecule has 2 fully saturated rings. The van der Waals surface area contributed by atoms with Crippen molar-refractivity contribution >= 4 is 17.2 Å². The van der Waals surface area contributed by atoms with E-state index in [2.05, 4.69) is 20.3 Å². The van der Waals surface area contributed by atoms with E-state index in [1.807, 2.05) is 12.3 Å². The lowest BCUT2D eigenvalue weighted by atomic mass is 9.85. The molecule has 2 atom stereocenters. The number of benzene rings is 1. The average molecular weight is 533 g/mol. The fourth-order valence-electron chi connectivity index (χ4n) is 4.24. The molecular weight excluding hydrogens is 505 g/mol. The van der Waals surface area contributed by atoms with Crippen LogP contribution >= 0.6 is 11.3 Å². The summed E-state index contributed by atoms with van der Waals surface area (Å²) in [7, 11) is 0. The number of nitrogens with zero attached hydrogens (tertiary/aromatic N) is 3. The molecular formula is C26H27F3N4O3S. The number of amides is 1. The van der Waals surface area contributed by atoms with Crippen LogP contribution in [0.15, 0.2) is 36.8 Å². The first-order valence-corrected chi connectivity index (χ1v) is 13.1. The minimum Gasteiger partial charge on any atom is -0.493 e. The summed E-state index contributed by atoms with van der Waals surface area (Å²) in [4.78, 5) is 25.8. The van der Waals surface area contributed by atoms with E-state index in [1.54, 1.807) is 30.4 Å². The molecule has 0 spiro atoms. The molecule has 0 bridgehead atoms. The van der Waals surface area contributed by atoms with Crippen molar-refractivity contribution in [3.05, 3.63) is 58.6 Å². The second-order valence-electron chi connectivity index (χ2n) is 9.52. The van der Waals surface area contributed by atoms with E-state index in [0.717, 1.165) is 36.0 Å². The zero-order chi connectivity index (χ0) is 26.0. The standard InChI is InChI=1S/C26H27F3N4O3S/c1-15(20-10-31-25(32-11-20)26(27,28)29)33-23(34)18-7-19(24-30-12-22(37-24)17-3-2-4-17)9-21(8-18)36-14-16-5-6-35-13-16/h7-12,15-17H,2-6,13-14H2,1H3,(H,33,34)/t15?,16-/m0/s1. The van der Waals surface area contributed by atoms with Gasteiger partial charge in [0, 0.05) is 52.7 Å². The highest BCUT2D eigenvalue weighted by Gasteiger charge is 2.34. The third kappa shape index (κ3) is 6.10. The minimum atomic E-state index is -4.62. The summed E-state index contributed by atoms with van der Waals surface area (Å²) in [5.74, 6) is -0.200. The van der Waals surface area contributed by atoms with Crippen molar-refractivity contribution in [1.82, 2.24) is 20.3 Å². The molecule has 3 heterocycles. The van der Waals surface area contributed by atoms with Gasteiger partial charge in [-0.2, -0.15) is 13.2 Å². The second kappa shape index (κ2) is 10.7. The zero-order valence-corrected chi connectivity index (χ0v) is 21.1. The van der Waals surface area contributed by atoms with E-state index in [9.17, 15) is 18.0 Å². The van der Waals surface area contributed by atoms with Crippen LogP contribution in [0.5, 0.6) is 5.75 Å². The average Bonchev–Trinajstić information content (AvgIpc) is 3.54. The quantitative estimate of drug-likeness (QED) is 0.395. The number of carbonyl (C=O) groups is 1. The van der Waals surface area contributed by atoms with Gasteiger partial charge in [0.2, 0.25) is 5.82 Å². The Balaban J connectivity index is 1.35. The number of carbonyl (C=O) groups excluding carboxylic acids is 1. The Morgan fingerprint density at radius 2 is 1.95 bits per heavy atom. The number of hydrogen-bond donors (Lipinski definition) is 1. The molecule has 1 saturated carbocycles. The number of aromatic nitrogens is 3. The van der Waals surface area contributed by atoms with Gasteiger partial charge in [-0.15, -0.1) is 11.3 Å². The van der Waals surface area contributed by atoms with Crippen LogP contribution < -0.4 is 10.1 Å². The molecule has 1 N–H and O–H groups in total. The number of halogens is 3. The maximum Gasteiger partial charge on any atom is 0.451 e. The molecule has 0 radical (unpaired) electrons. The van der Waals surface area contributed by atoms with E-state index in [1.165, 1.54) is 24.1 Å². The summed E-state index contributed by atoms with van der Waals surface area (Å²) in [5.41, 5.74) is 1.52. The van der Waals surface area contributed by atoms with Crippen molar-refractivity contribution in [2.75, 3.05) is 19.8 Å². The van der Waals surface area contributed by atoms with Crippen LogP contribution in [-0.4, -0.2) is 40.7 Å². The molecule has 1 unspecified atom stereocenters. The monoisotopic (exact) mass is 532 g/mol. The first-order valence-electron chi connectivity index (χ1n) is 12.3. The number of nitrogens with one attached hydrogen (secondary N) is 1. The highest BCUT2D eigenvalue weighted by Crippen LogP contribution is 2.41. The predicted molar refractivity (Wildman–Crippen MR) is 131 cm³/mol. The first-order chi connectivity index (χ1) is 17.8. The summed E-state index contributed by atoms with van der Waals surface area (Å²) < 4.78 is 49.8. The van der Waals surface area contributed by atoms with Crippen molar-refractivity contribution in [1.29, 1.82) is 0 Å². The lowest BCUT2D eigenvalue weighted by Gasteiger charge is -2.23. The van der Waals surface area contributed by atoms with Crippen LogP contribution in [0.3, 0.4) is 0 Å². The Hall–Kier alpha value is -3.05. The topological polar surface area (TPSA) is 86.2 Å². The lowest BCUT2D eigenvalue weighted by molar-refractivity contribution is -0.145. The summed E-state index contributed by atoms with van der Waals surface area (Å²) in [5, 5.41) is 3.64. The fourth-order valence-corrected chi connectivity index (χ4v) is 5.31. The van der Waals surface area contributed by atoms with E-state index in [0.29, 0.717) is 41.9 Å². The lowest BCUT2D eigenvalue weighted by Crippen LogP contribution is -2.27. The van der Waals surface area contributed by atoms with Gasteiger partial charge in [0.05, 0.1) is 19.3 Å². The van der Waals surface area contributed by atoms with Crippen LogP contribution in [0.4, 0.5) is 13.2 Å². The molecule has 1 aromatic carbocycles. The van der Waals surface area contributed by atoms with Gasteiger partial charge in [0.1, 0.15) is 10.8 Å². The Labute approximate surface area is 216 Å². The van der Waals surface area contributed by atoms with Crippen molar-refractivity contribution in [2.45, 2.75) is 50.7 Å². The maximum absolute atomic E-state index is 13.2. The molecule has 11 heteroatoms. The van der Waals surface area contributed by atoms with Gasteiger partial charge in [-0.05, 0) is 50.3 Å². The summed E-state index contributed by atoms with van der Waals surface area (Å²) in [6.45, 7) is 3.51. The molecule has 1 aliphatic heterocycles. The molecule has 1 aliphatic carbocycles. The van der Waals surface area contributed by atoms with Crippen molar-refractivity contribution in [3.63, 3.8) is 0 Å². The minimum absolute atomic E-state index is 0.297. The normalized spacial score (nSPS) is 18.9. The van der Waals surface area contributed by atoms with Crippen LogP contribution in [0.1, 0.15) is 71.2 Å². The van der Waals surface area contributed by atoms with Crippen LogP contribution in [0, 0.1) is 5.92 Å². The van der Waals surface area contributed by atoms with Crippen LogP contribution in [0.25, 0.3) is 10.6 Å². The Kier molecular flexibility index (Phi) is 7.43. The molecule has 37 heavy (non-hydrogen) atoms. The Bertz CT molecular complexity index is 1240. The SMILES string of the molecule is CC(NC(=O)c1cc(OC[C@H]2CCOC2)cc(-c2ncc(C3CCC3)s2)c1)c1cnc(C(F)(F)F)nc1. The maximum atomic E-state index is 13.2. The Morgan fingerprint density at radius 1 is 1.16 bits per heavy atom. The second-order valence-corrected chi connectivity index (χ2v) is 10.6. The number of alkyl halides is 3. The van der Waals surface area contributed by atoms with Crippen molar-refractivity contribution < 1.29 is 27.4 Å². The van der Waals surface area contributed by atoms with Gasteiger partial charge in [-0.25, -0.2) is 15.0 Å². The van der Waals surface area contributed by atoms with Gasteiger partial charge in [0.25, 0.3) is 5.91 Å². The van der Waals surface area contributed by atoms with Crippen LogP contribution in [-0.2, 0) is 10.9 Å². The van der Waals surface area contributed by atoms with Crippen LogP contribution in [0.2, 0.25) is 0 Å². The predicted octanol–water partition coefficient (Wildman–Crippen LogP) is 5.79. The van der Waals surface area contributed by atoms with Crippen molar-refractivity contribution in [2.24, 2.45) is 5.92 Å². The smallest absolute Gasteiger partial charge is 0.451 e. The van der Waals surface area contributed by atoms with E-state index >= 15 is 0 Å². The Morgan fingerprint density at radius 3 is 2.59 bits per heavy atom. The highest BCUT2D eigenvalue weighted by molar-refractivity contribution is 7.15. The largest absolute Gasteiger partial charge is 0.493 e. The van der Waals surface area contributed by atoms with Crippen molar-refractivity contribution in [3.8, 4) is 16.3 Å². The summed E-state index contributed by atoms with van der Waals surface area (Å²) in [6, 6.07) is 4.72. The molecule has 7 nitrogen and oxygen atoms in total. The van der Waals surface area contributed by atoms with Gasteiger partial charge >= 0.3 is 6.18 Å². The molecule has 1 amide bonds. The third-order valence-electron chi connectivity index (χ3n) is 6.73. The fraction of sp³-hybridized carbons (Fsp3) is 0.462. The zero-order valence-electron chi connectivity index (χ0n) is 20.3. The molecule has 2 aliphatic rings. The molecule has 1 saturated heterocycles. The number of hydrogen-bond acceptors (Lipinski definition) is 7. The van der Waals surface area contributed by atoms with E-state index in [-0.39, 0.29) is 5.91 Å². The summed E-state index contributed by atoms with van der Waals surface area (Å²) in [6.07, 6.45) is 3.96. The van der Waals surface area contributed by atoms with E-state index < -0.39 is 18.0 Å². The molecule has 3 aromatic rings. The van der Waals surface area contributed by atoms with Gasteiger partial charge in [-0.1, -0.05) is 6.42 Å². The molecule has 196 valence electrons. The first kappa shape index (κ1) is 25.6. The highest BCUT2D eigenvalue weighted by atomic mass is 32.1. The molecule has 5 rings (SSSR count). The molecule has 2 aromatic heterocycles. The number of thiazole rings is 1. The third-order valence-corrected chi connectivity index (χ3v) is 7.94. The summed E-state index contributed by atoms with van der Waals surface area (Å²) >= 11 is 1.63. The van der Waals surface area contributed by atoms with Gasteiger partial charge in [0.15, 0.2) is 0 Å². The van der Waals surface area contributed by atoms with Gasteiger partial charge in [-0.3, -0.25) is 4.79 Å². The van der Waals surface area contributed by atoms with Gasteiger partial charge < -0.3 is 14.8 Å². The number of ether oxygens (including phenoxy) is 2.